The largest absolute Gasteiger partial charge is 0.405 e. The summed E-state index contributed by atoms with van der Waals surface area (Å²) in [6.07, 6.45) is 10.3. The van der Waals surface area contributed by atoms with Crippen molar-refractivity contribution in [2.24, 2.45) is 16.5 Å². The lowest BCUT2D eigenvalue weighted by Crippen LogP contribution is -2.14. The SMILES string of the molecule is C=C/C=C\C(C(N)=O)=C(/CCC(C)c1cccc(F)c1)N=CC.C=CN.CC.CCC. The van der Waals surface area contributed by atoms with Crippen LogP contribution in [0.1, 0.15) is 72.3 Å². The van der Waals surface area contributed by atoms with E-state index in [4.69, 9.17) is 5.73 Å². The van der Waals surface area contributed by atoms with E-state index in [0.29, 0.717) is 17.7 Å². The van der Waals surface area contributed by atoms with Gasteiger partial charge in [-0.1, -0.05) is 78.5 Å². The number of aliphatic imine (C=N–C) groups is 1. The number of primary amides is 1. The minimum Gasteiger partial charge on any atom is -0.405 e. The summed E-state index contributed by atoms with van der Waals surface area (Å²) < 4.78 is 13.3. The number of amides is 1. The Hall–Kier alpha value is -2.95. The van der Waals surface area contributed by atoms with Crippen molar-refractivity contribution in [3.63, 3.8) is 0 Å². The van der Waals surface area contributed by atoms with E-state index in [9.17, 15) is 9.18 Å². The molecule has 0 aliphatic carbocycles. The van der Waals surface area contributed by atoms with Crippen LogP contribution in [0, 0.1) is 5.82 Å². The number of hydrogen-bond donors (Lipinski definition) is 2. The maximum atomic E-state index is 13.3. The highest BCUT2D eigenvalue weighted by Gasteiger charge is 2.12. The van der Waals surface area contributed by atoms with Gasteiger partial charge < -0.3 is 11.5 Å². The third kappa shape index (κ3) is 17.6. The number of benzene rings is 1. The molecule has 0 fully saturated rings. The molecule has 0 aliphatic heterocycles. The summed E-state index contributed by atoms with van der Waals surface area (Å²) in [6.45, 7) is 18.8. The summed E-state index contributed by atoms with van der Waals surface area (Å²) in [7, 11) is 0. The number of allylic oxidation sites excluding steroid dienone is 3. The fourth-order valence-corrected chi connectivity index (χ4v) is 2.24. The van der Waals surface area contributed by atoms with Crippen LogP contribution in [0.2, 0.25) is 0 Å². The van der Waals surface area contributed by atoms with Crippen molar-refractivity contribution in [2.45, 2.75) is 66.7 Å². The van der Waals surface area contributed by atoms with Crippen molar-refractivity contribution in [2.75, 3.05) is 0 Å². The molecule has 1 amide bonds. The van der Waals surface area contributed by atoms with Crippen LogP contribution in [0.15, 0.2) is 78.1 Å². The maximum Gasteiger partial charge on any atom is 0.250 e. The highest BCUT2D eigenvalue weighted by molar-refractivity contribution is 5.95. The van der Waals surface area contributed by atoms with Crippen molar-refractivity contribution >= 4 is 12.1 Å². The molecule has 1 aromatic carbocycles. The minimum absolute atomic E-state index is 0.144. The fourth-order valence-electron chi connectivity index (χ4n) is 2.24. The van der Waals surface area contributed by atoms with E-state index in [1.54, 1.807) is 37.4 Å². The Labute approximate surface area is 189 Å². The average Bonchev–Trinajstić information content (AvgIpc) is 2.74. The Morgan fingerprint density at radius 1 is 1.26 bits per heavy atom. The van der Waals surface area contributed by atoms with Crippen molar-refractivity contribution in [1.29, 1.82) is 0 Å². The van der Waals surface area contributed by atoms with Gasteiger partial charge in [0, 0.05) is 6.21 Å². The van der Waals surface area contributed by atoms with Crippen LogP contribution in [0.5, 0.6) is 0 Å². The molecule has 1 aromatic rings. The van der Waals surface area contributed by atoms with E-state index in [1.165, 1.54) is 24.8 Å². The van der Waals surface area contributed by atoms with E-state index >= 15 is 0 Å². The number of carbonyl (C=O) groups excluding carboxylic acids is 1. The number of nitrogens with two attached hydrogens (primary N) is 2. The lowest BCUT2D eigenvalue weighted by atomic mass is 9.94. The monoisotopic (exact) mass is 431 g/mol. The first kappa shape index (κ1) is 32.7. The number of halogens is 1. The summed E-state index contributed by atoms with van der Waals surface area (Å²) in [5.41, 5.74) is 12.0. The summed E-state index contributed by atoms with van der Waals surface area (Å²) in [6, 6.07) is 6.55. The molecule has 0 heterocycles. The van der Waals surface area contributed by atoms with Crippen LogP contribution >= 0.6 is 0 Å². The van der Waals surface area contributed by atoms with Crippen LogP contribution in [-0.2, 0) is 4.79 Å². The first-order chi connectivity index (χ1) is 14.8. The zero-order chi connectivity index (χ0) is 24.7. The zero-order valence-corrected chi connectivity index (χ0v) is 20.2. The predicted octanol–water partition coefficient (Wildman–Crippen LogP) is 6.81. The van der Waals surface area contributed by atoms with Crippen LogP contribution in [0.4, 0.5) is 4.39 Å². The first-order valence-electron chi connectivity index (χ1n) is 10.7. The van der Waals surface area contributed by atoms with Gasteiger partial charge in [-0.3, -0.25) is 9.79 Å². The Morgan fingerprint density at radius 2 is 1.81 bits per heavy atom. The Kier molecular flexibility index (Phi) is 24.6. The van der Waals surface area contributed by atoms with Gasteiger partial charge in [-0.05, 0) is 55.7 Å². The number of carbonyl (C=O) groups is 1. The van der Waals surface area contributed by atoms with E-state index in [2.05, 4.69) is 37.7 Å². The molecule has 0 aliphatic rings. The Bertz CT molecular complexity index is 706. The van der Waals surface area contributed by atoms with Crippen LogP contribution < -0.4 is 11.5 Å². The van der Waals surface area contributed by atoms with Gasteiger partial charge in [0.25, 0.3) is 5.91 Å². The minimum atomic E-state index is -0.526. The third-order valence-electron chi connectivity index (χ3n) is 3.49. The molecular formula is C26H42FN3O. The molecule has 1 atom stereocenters. The van der Waals surface area contributed by atoms with Crippen molar-refractivity contribution in [1.82, 2.24) is 0 Å². The molecule has 174 valence electrons. The molecule has 0 aromatic heterocycles. The number of rotatable bonds is 8. The first-order valence-corrected chi connectivity index (χ1v) is 10.7. The van der Waals surface area contributed by atoms with Crippen LogP contribution in [-0.4, -0.2) is 12.1 Å². The van der Waals surface area contributed by atoms with E-state index in [1.807, 2.05) is 26.8 Å². The molecule has 5 heteroatoms. The molecule has 1 unspecified atom stereocenters. The van der Waals surface area contributed by atoms with Gasteiger partial charge in [0.15, 0.2) is 0 Å². The lowest BCUT2D eigenvalue weighted by molar-refractivity contribution is -0.114. The fraction of sp³-hybridized carbons (Fsp3) is 0.385. The van der Waals surface area contributed by atoms with Crippen molar-refractivity contribution < 1.29 is 9.18 Å². The molecule has 0 saturated carbocycles. The summed E-state index contributed by atoms with van der Waals surface area (Å²) >= 11 is 0. The summed E-state index contributed by atoms with van der Waals surface area (Å²) in [4.78, 5) is 15.9. The van der Waals surface area contributed by atoms with Gasteiger partial charge in [0.2, 0.25) is 0 Å². The Balaban J connectivity index is -0.000000855. The normalized spacial score (nSPS) is 11.6. The topological polar surface area (TPSA) is 81.5 Å². The van der Waals surface area contributed by atoms with Crippen molar-refractivity contribution in [3.05, 3.63) is 84.5 Å². The van der Waals surface area contributed by atoms with Gasteiger partial charge in [0.05, 0.1) is 11.3 Å². The van der Waals surface area contributed by atoms with Gasteiger partial charge in [-0.15, -0.1) is 0 Å². The molecule has 0 saturated heterocycles. The molecule has 0 bridgehead atoms. The van der Waals surface area contributed by atoms with Gasteiger partial charge >= 0.3 is 0 Å². The van der Waals surface area contributed by atoms with Crippen molar-refractivity contribution in [3.8, 4) is 0 Å². The van der Waals surface area contributed by atoms with Gasteiger partial charge in [-0.25, -0.2) is 4.39 Å². The highest BCUT2D eigenvalue weighted by Crippen LogP contribution is 2.25. The molecule has 31 heavy (non-hydrogen) atoms. The van der Waals surface area contributed by atoms with E-state index < -0.39 is 5.91 Å². The molecule has 0 spiro atoms. The maximum absolute atomic E-state index is 13.3. The second kappa shape index (κ2) is 23.3. The average molecular weight is 432 g/mol. The number of hydrogen-bond acceptors (Lipinski definition) is 3. The van der Waals surface area contributed by atoms with Crippen LogP contribution in [0.25, 0.3) is 0 Å². The highest BCUT2D eigenvalue weighted by atomic mass is 19.1. The van der Waals surface area contributed by atoms with Gasteiger partial charge in [0.1, 0.15) is 5.82 Å². The second-order valence-electron chi connectivity index (χ2n) is 6.14. The van der Waals surface area contributed by atoms with E-state index in [-0.39, 0.29) is 11.7 Å². The quantitative estimate of drug-likeness (QED) is 0.269. The lowest BCUT2D eigenvalue weighted by Gasteiger charge is -2.13. The molecule has 0 radical (unpaired) electrons. The molecule has 4 nitrogen and oxygen atoms in total. The zero-order valence-electron chi connectivity index (χ0n) is 20.2. The second-order valence-corrected chi connectivity index (χ2v) is 6.14. The molecule has 4 N–H and O–H groups in total. The number of nitrogens with zero attached hydrogens (tertiary/aromatic N) is 1. The van der Waals surface area contributed by atoms with Crippen LogP contribution in [0.3, 0.4) is 0 Å². The van der Waals surface area contributed by atoms with Gasteiger partial charge in [-0.2, -0.15) is 0 Å². The Morgan fingerprint density at radius 3 is 2.23 bits per heavy atom. The summed E-state index contributed by atoms with van der Waals surface area (Å²) in [5, 5.41) is 0. The third-order valence-corrected chi connectivity index (χ3v) is 3.49. The standard InChI is InChI=1S/C19H23FN2O.C3H8.C2H5N.C2H6/c1-4-6-10-17(19(21)23)18(22-5-2)12-11-14(3)15-8-7-9-16(20)13-15;1-3-2;1-2-3;1-2/h4-10,13-14H,1,11-12H2,2-3H3,(H2,21,23);3H2,1-2H3;2H,1,3H2;1-2H3/b10-6-,18-17-,22-5?;;;. The predicted molar refractivity (Wildman–Crippen MR) is 135 cm³/mol. The molecule has 1 rings (SSSR count). The van der Waals surface area contributed by atoms with E-state index in [0.717, 1.165) is 12.0 Å². The summed E-state index contributed by atoms with van der Waals surface area (Å²) in [5.74, 6) is -0.629. The molecular weight excluding hydrogens is 389 g/mol. The smallest absolute Gasteiger partial charge is 0.250 e.